The molecule has 0 saturated heterocycles. The van der Waals surface area contributed by atoms with Crippen molar-refractivity contribution in [2.24, 2.45) is 5.92 Å². The van der Waals surface area contributed by atoms with Crippen molar-refractivity contribution in [1.29, 1.82) is 0 Å². The number of rotatable bonds is 7. The lowest BCUT2D eigenvalue weighted by atomic mass is 10.0. The third-order valence-electron chi connectivity index (χ3n) is 4.05. The van der Waals surface area contributed by atoms with Gasteiger partial charge in [0.2, 0.25) is 0 Å². The number of aromatic amines is 1. The molecule has 0 atom stereocenters. The van der Waals surface area contributed by atoms with E-state index in [0.717, 1.165) is 0 Å². The highest BCUT2D eigenvalue weighted by atomic mass is 16.5. The molecule has 2 rings (SSSR count). The van der Waals surface area contributed by atoms with E-state index in [9.17, 15) is 14.4 Å². The van der Waals surface area contributed by atoms with Crippen molar-refractivity contribution in [1.82, 2.24) is 9.88 Å². The van der Waals surface area contributed by atoms with Crippen molar-refractivity contribution in [3.63, 3.8) is 0 Å². The largest absolute Gasteiger partial charge is 0.464 e. The molecule has 2 aromatic rings. The maximum atomic E-state index is 12.9. The smallest absolute Gasteiger partial charge is 0.354 e. The molecule has 7 nitrogen and oxygen atoms in total. The molecule has 0 aliphatic heterocycles. The van der Waals surface area contributed by atoms with Gasteiger partial charge in [0.1, 0.15) is 5.69 Å². The molecule has 0 radical (unpaired) electrons. The average Bonchev–Trinajstić information content (AvgIpc) is 3.20. The van der Waals surface area contributed by atoms with Crippen molar-refractivity contribution >= 4 is 17.7 Å². The van der Waals surface area contributed by atoms with Crippen LogP contribution in [0.2, 0.25) is 0 Å². The average molecular weight is 360 g/mol. The summed E-state index contributed by atoms with van der Waals surface area (Å²) < 4.78 is 9.90. The number of furan rings is 1. The Morgan fingerprint density at radius 2 is 1.96 bits per heavy atom. The van der Waals surface area contributed by atoms with Crippen LogP contribution >= 0.6 is 0 Å². The van der Waals surface area contributed by atoms with Gasteiger partial charge in [0.15, 0.2) is 11.5 Å². The molecule has 2 heterocycles. The van der Waals surface area contributed by atoms with Crippen LogP contribution in [-0.2, 0) is 4.74 Å². The van der Waals surface area contributed by atoms with Gasteiger partial charge in [0.25, 0.3) is 5.91 Å². The second kappa shape index (κ2) is 8.03. The van der Waals surface area contributed by atoms with Gasteiger partial charge in [0, 0.05) is 17.8 Å². The van der Waals surface area contributed by atoms with E-state index in [1.165, 1.54) is 18.3 Å². The van der Waals surface area contributed by atoms with Gasteiger partial charge in [-0.05, 0) is 37.5 Å². The maximum Gasteiger partial charge on any atom is 0.354 e. The minimum atomic E-state index is -0.532. The molecule has 140 valence electrons. The second-order valence-corrected chi connectivity index (χ2v) is 6.60. The van der Waals surface area contributed by atoms with Crippen LogP contribution in [0.3, 0.4) is 0 Å². The van der Waals surface area contributed by atoms with E-state index < -0.39 is 5.97 Å². The number of carbonyl (C=O) groups is 3. The molecule has 0 aromatic carbocycles. The third kappa shape index (κ3) is 4.04. The molecule has 1 N–H and O–H groups in total. The summed E-state index contributed by atoms with van der Waals surface area (Å²) in [5, 5.41) is 0. The Morgan fingerprint density at radius 3 is 2.50 bits per heavy atom. The highest BCUT2D eigenvalue weighted by molar-refractivity contribution is 6.05. The molecule has 0 fully saturated rings. The van der Waals surface area contributed by atoms with Crippen molar-refractivity contribution in [3.05, 3.63) is 46.7 Å². The van der Waals surface area contributed by atoms with E-state index in [1.807, 2.05) is 13.8 Å². The number of methoxy groups -OCH3 is 1. The molecule has 0 bridgehead atoms. The van der Waals surface area contributed by atoms with Crippen LogP contribution in [0.4, 0.5) is 0 Å². The number of nitrogens with one attached hydrogen (secondary N) is 1. The Bertz CT molecular complexity index is 802. The first-order valence-electron chi connectivity index (χ1n) is 8.39. The summed E-state index contributed by atoms with van der Waals surface area (Å²) in [6.45, 7) is 7.65. The molecule has 0 aliphatic carbocycles. The zero-order chi connectivity index (χ0) is 19.4. The van der Waals surface area contributed by atoms with Crippen molar-refractivity contribution in [3.8, 4) is 0 Å². The summed E-state index contributed by atoms with van der Waals surface area (Å²) in [7, 11) is 1.28. The van der Waals surface area contributed by atoms with Gasteiger partial charge < -0.3 is 19.0 Å². The molecule has 0 spiro atoms. The van der Waals surface area contributed by atoms with Crippen LogP contribution < -0.4 is 0 Å². The molecule has 1 amide bonds. The number of aryl methyl sites for hydroxylation is 1. The van der Waals surface area contributed by atoms with Crippen LogP contribution in [0.1, 0.15) is 56.5 Å². The Balaban J connectivity index is 2.29. The molecular weight excluding hydrogens is 336 g/mol. The van der Waals surface area contributed by atoms with Gasteiger partial charge in [-0.15, -0.1) is 0 Å². The zero-order valence-corrected chi connectivity index (χ0v) is 15.7. The number of H-pyrrole nitrogens is 1. The molecule has 26 heavy (non-hydrogen) atoms. The first kappa shape index (κ1) is 19.5. The summed E-state index contributed by atoms with van der Waals surface area (Å²) in [4.78, 5) is 41.7. The third-order valence-corrected chi connectivity index (χ3v) is 4.05. The topological polar surface area (TPSA) is 92.6 Å². The van der Waals surface area contributed by atoms with Gasteiger partial charge in [-0.1, -0.05) is 13.8 Å². The number of esters is 1. The number of hydrogen-bond acceptors (Lipinski definition) is 5. The van der Waals surface area contributed by atoms with Gasteiger partial charge in [-0.25, -0.2) is 4.79 Å². The standard InChI is InChI=1S/C19H24N2O5/c1-11(2)9-21(18(23)15-7-6-8-26-15)10-14(22)16-12(3)17(19(24)25-5)20-13(16)4/h6-8,11,20H,9-10H2,1-5H3. The normalized spacial score (nSPS) is 10.8. The SMILES string of the molecule is COC(=O)c1[nH]c(C)c(C(=O)CN(CC(C)C)C(=O)c2ccco2)c1C. The lowest BCUT2D eigenvalue weighted by Crippen LogP contribution is -2.38. The fraction of sp³-hybridized carbons (Fsp3) is 0.421. The minimum Gasteiger partial charge on any atom is -0.464 e. The highest BCUT2D eigenvalue weighted by Gasteiger charge is 2.27. The lowest BCUT2D eigenvalue weighted by Gasteiger charge is -2.23. The van der Waals surface area contributed by atoms with E-state index in [1.54, 1.807) is 26.0 Å². The highest BCUT2D eigenvalue weighted by Crippen LogP contribution is 2.20. The van der Waals surface area contributed by atoms with E-state index in [4.69, 9.17) is 9.15 Å². The summed E-state index contributed by atoms with van der Waals surface area (Å²) in [5.41, 5.74) is 1.75. The van der Waals surface area contributed by atoms with E-state index in [0.29, 0.717) is 23.4 Å². The lowest BCUT2D eigenvalue weighted by molar-refractivity contribution is 0.0593. The van der Waals surface area contributed by atoms with Gasteiger partial charge in [0.05, 0.1) is 19.9 Å². The first-order chi connectivity index (χ1) is 12.3. The summed E-state index contributed by atoms with van der Waals surface area (Å²) in [5.74, 6) is -0.740. The van der Waals surface area contributed by atoms with Crippen molar-refractivity contribution < 1.29 is 23.5 Å². The Kier molecular flexibility index (Phi) is 6.02. The van der Waals surface area contributed by atoms with E-state index in [2.05, 4.69) is 4.98 Å². The fourth-order valence-corrected chi connectivity index (χ4v) is 2.94. The van der Waals surface area contributed by atoms with Crippen LogP contribution in [0.25, 0.3) is 0 Å². The quantitative estimate of drug-likeness (QED) is 0.605. The summed E-state index contributed by atoms with van der Waals surface area (Å²) in [6, 6.07) is 3.20. The molecule has 0 saturated carbocycles. The maximum absolute atomic E-state index is 12.9. The van der Waals surface area contributed by atoms with Crippen LogP contribution in [0.15, 0.2) is 22.8 Å². The fourth-order valence-electron chi connectivity index (χ4n) is 2.94. The van der Waals surface area contributed by atoms with Crippen LogP contribution in [-0.4, -0.2) is 47.7 Å². The molecule has 7 heteroatoms. The van der Waals surface area contributed by atoms with E-state index in [-0.39, 0.29) is 35.6 Å². The summed E-state index contributed by atoms with van der Waals surface area (Å²) >= 11 is 0. The Labute approximate surface area is 152 Å². The van der Waals surface area contributed by atoms with Gasteiger partial charge in [-0.3, -0.25) is 9.59 Å². The monoisotopic (exact) mass is 360 g/mol. The minimum absolute atomic E-state index is 0.0993. The number of hydrogen-bond donors (Lipinski definition) is 1. The summed E-state index contributed by atoms with van der Waals surface area (Å²) in [6.07, 6.45) is 1.42. The molecular formula is C19H24N2O5. The Hall–Kier alpha value is -2.83. The first-order valence-corrected chi connectivity index (χ1v) is 8.39. The molecule has 0 unspecified atom stereocenters. The van der Waals surface area contributed by atoms with Crippen LogP contribution in [0.5, 0.6) is 0 Å². The number of aromatic nitrogens is 1. The predicted octanol–water partition coefficient (Wildman–Crippen LogP) is 2.99. The van der Waals surface area contributed by atoms with Crippen molar-refractivity contribution in [2.45, 2.75) is 27.7 Å². The number of carbonyl (C=O) groups excluding carboxylic acids is 3. The number of nitrogens with zero attached hydrogens (tertiary/aromatic N) is 1. The number of amides is 1. The second-order valence-electron chi connectivity index (χ2n) is 6.60. The van der Waals surface area contributed by atoms with Crippen molar-refractivity contribution in [2.75, 3.05) is 20.2 Å². The van der Waals surface area contributed by atoms with Crippen LogP contribution in [0, 0.1) is 19.8 Å². The Morgan fingerprint density at radius 1 is 1.27 bits per heavy atom. The molecule has 2 aromatic heterocycles. The predicted molar refractivity (Wildman–Crippen MR) is 95.4 cm³/mol. The van der Waals surface area contributed by atoms with Gasteiger partial charge >= 0.3 is 5.97 Å². The number of ether oxygens (including phenoxy) is 1. The zero-order valence-electron chi connectivity index (χ0n) is 15.7. The van der Waals surface area contributed by atoms with E-state index >= 15 is 0 Å². The number of Topliss-reactive ketones (excluding diaryl/α,β-unsaturated/α-hetero) is 1. The molecule has 0 aliphatic rings. The number of ketones is 1. The van der Waals surface area contributed by atoms with Gasteiger partial charge in [-0.2, -0.15) is 0 Å².